The van der Waals surface area contributed by atoms with Crippen molar-refractivity contribution in [2.45, 2.75) is 43.8 Å². The molecule has 0 spiro atoms. The lowest BCUT2D eigenvalue weighted by molar-refractivity contribution is -0.150. The number of esters is 1. The summed E-state index contributed by atoms with van der Waals surface area (Å²) in [6.45, 7) is 1.17. The molecule has 192 valence electrons. The lowest BCUT2D eigenvalue weighted by Gasteiger charge is -2.23. The van der Waals surface area contributed by atoms with E-state index in [-0.39, 0.29) is 18.8 Å². The Balaban J connectivity index is 1.44. The smallest absolute Gasteiger partial charge is 0.351 e. The number of halogens is 2. The van der Waals surface area contributed by atoms with E-state index in [1.54, 1.807) is 0 Å². The summed E-state index contributed by atoms with van der Waals surface area (Å²) in [5.74, 6) is 0.610. The fourth-order valence-electron chi connectivity index (χ4n) is 3.85. The van der Waals surface area contributed by atoms with Gasteiger partial charge in [-0.2, -0.15) is 4.98 Å². The molecule has 0 saturated carbocycles. The van der Waals surface area contributed by atoms with Gasteiger partial charge in [0.05, 0.1) is 0 Å². The van der Waals surface area contributed by atoms with Crippen LogP contribution in [0, 0.1) is 0 Å². The molecular formula is C23H30Cl2N4O6. The third kappa shape index (κ3) is 7.31. The highest BCUT2D eigenvalue weighted by Gasteiger charge is 2.44. The van der Waals surface area contributed by atoms with E-state index in [1.165, 1.54) is 12.3 Å². The normalized spacial score (nSPS) is 21.7. The Morgan fingerprint density at radius 3 is 2.46 bits per heavy atom. The maximum Gasteiger partial charge on any atom is 0.351 e. The molecule has 2 aromatic rings. The minimum Gasteiger partial charge on any atom is -0.463 e. The van der Waals surface area contributed by atoms with Crippen LogP contribution in [0.25, 0.3) is 0 Å². The number of alkyl halides is 2. The molecule has 12 heteroatoms. The van der Waals surface area contributed by atoms with Gasteiger partial charge in [0.1, 0.15) is 30.7 Å². The first kappa shape index (κ1) is 27.2. The molecule has 3 rings (SSSR count). The van der Waals surface area contributed by atoms with Gasteiger partial charge in [0.25, 0.3) is 0 Å². The molecule has 1 aromatic carbocycles. The minimum absolute atomic E-state index is 0.0281. The van der Waals surface area contributed by atoms with Crippen LogP contribution in [0.3, 0.4) is 0 Å². The number of benzene rings is 1. The van der Waals surface area contributed by atoms with Crippen LogP contribution in [0.4, 0.5) is 11.5 Å². The number of hydrogen-bond acceptors (Lipinski definition) is 9. The molecule has 0 bridgehead atoms. The van der Waals surface area contributed by atoms with Crippen molar-refractivity contribution in [3.63, 3.8) is 0 Å². The first-order chi connectivity index (χ1) is 16.8. The molecule has 0 amide bonds. The highest BCUT2D eigenvalue weighted by molar-refractivity contribution is 6.18. The molecule has 35 heavy (non-hydrogen) atoms. The van der Waals surface area contributed by atoms with Crippen molar-refractivity contribution in [1.29, 1.82) is 0 Å². The van der Waals surface area contributed by atoms with Crippen LogP contribution in [0.2, 0.25) is 0 Å². The van der Waals surface area contributed by atoms with Crippen molar-refractivity contribution in [1.82, 2.24) is 9.55 Å². The predicted octanol–water partition coefficient (Wildman–Crippen LogP) is 1.29. The van der Waals surface area contributed by atoms with Crippen molar-refractivity contribution >= 4 is 40.7 Å². The van der Waals surface area contributed by atoms with Crippen LogP contribution in [0.1, 0.15) is 24.6 Å². The summed E-state index contributed by atoms with van der Waals surface area (Å²) in [5, 5.41) is 20.5. The highest BCUT2D eigenvalue weighted by Crippen LogP contribution is 2.28. The number of aliphatic hydroxyl groups is 2. The lowest BCUT2D eigenvalue weighted by Crippen LogP contribution is -2.36. The van der Waals surface area contributed by atoms with Gasteiger partial charge in [0.2, 0.25) is 0 Å². The van der Waals surface area contributed by atoms with Crippen LogP contribution >= 0.6 is 23.2 Å². The molecule has 4 atom stereocenters. The zero-order chi connectivity index (χ0) is 25.4. The Kier molecular flexibility index (Phi) is 10.2. The molecule has 0 radical (unpaired) electrons. The first-order valence-electron chi connectivity index (χ1n) is 11.3. The largest absolute Gasteiger partial charge is 0.463 e. The maximum absolute atomic E-state index is 12.2. The van der Waals surface area contributed by atoms with E-state index in [1.807, 2.05) is 24.3 Å². The summed E-state index contributed by atoms with van der Waals surface area (Å²) in [6, 6.07) is 9.41. The molecule has 1 aliphatic heterocycles. The highest BCUT2D eigenvalue weighted by atomic mass is 35.5. The zero-order valence-corrected chi connectivity index (χ0v) is 20.6. The summed E-state index contributed by atoms with van der Waals surface area (Å²) < 4.78 is 11.8. The predicted molar refractivity (Wildman–Crippen MR) is 133 cm³/mol. The second-order valence-corrected chi connectivity index (χ2v) is 8.91. The standard InChI is InChI=1S/C23H30Cl2N4O6/c24-9-12-28(13-10-25)16-6-4-15(5-7-16)2-1-3-19(30)34-14-17-20(31)21(32)22(35-17)29-11-8-18(26)27-23(29)33/h4-8,11,17,20-22,31-32H,1-3,9-10,12-14H2,(H2,26,27,33)/t17-,20-,21+,22-/m1/s1. The third-order valence-corrected chi connectivity index (χ3v) is 6.07. The van der Waals surface area contributed by atoms with E-state index >= 15 is 0 Å². The molecule has 2 heterocycles. The molecule has 1 aliphatic rings. The summed E-state index contributed by atoms with van der Waals surface area (Å²) in [5.41, 5.74) is 6.87. The van der Waals surface area contributed by atoms with Crippen molar-refractivity contribution in [3.8, 4) is 0 Å². The number of anilines is 2. The van der Waals surface area contributed by atoms with E-state index in [4.69, 9.17) is 38.4 Å². The van der Waals surface area contributed by atoms with Gasteiger partial charge in [-0.1, -0.05) is 12.1 Å². The molecule has 10 nitrogen and oxygen atoms in total. The summed E-state index contributed by atoms with van der Waals surface area (Å²) >= 11 is 11.7. The van der Waals surface area contributed by atoms with Crippen LogP contribution in [0.5, 0.6) is 0 Å². The molecule has 1 fully saturated rings. The van der Waals surface area contributed by atoms with Crippen LogP contribution in [0.15, 0.2) is 41.3 Å². The minimum atomic E-state index is -1.39. The topological polar surface area (TPSA) is 140 Å². The van der Waals surface area contributed by atoms with Gasteiger partial charge in [-0.15, -0.1) is 23.2 Å². The number of ether oxygens (including phenoxy) is 2. The molecular weight excluding hydrogens is 499 g/mol. The number of rotatable bonds is 12. The number of nitrogen functional groups attached to an aromatic ring is 1. The number of hydrogen-bond donors (Lipinski definition) is 3. The van der Waals surface area contributed by atoms with Gasteiger partial charge in [-0.3, -0.25) is 9.36 Å². The third-order valence-electron chi connectivity index (χ3n) is 5.73. The van der Waals surface area contributed by atoms with Crippen molar-refractivity contribution < 1.29 is 24.5 Å². The quantitative estimate of drug-likeness (QED) is 0.274. The monoisotopic (exact) mass is 528 g/mol. The number of aryl methyl sites for hydroxylation is 1. The Morgan fingerprint density at radius 1 is 1.14 bits per heavy atom. The van der Waals surface area contributed by atoms with E-state index < -0.39 is 36.2 Å². The number of nitrogens with two attached hydrogens (primary N) is 1. The van der Waals surface area contributed by atoms with E-state index in [9.17, 15) is 19.8 Å². The van der Waals surface area contributed by atoms with Crippen molar-refractivity contribution in [2.24, 2.45) is 0 Å². The SMILES string of the molecule is Nc1ccn([C@@H]2O[C@H](COC(=O)CCCc3ccc(N(CCCl)CCCl)cc3)[C@@H](O)[C@@H]2O)c(=O)n1. The summed E-state index contributed by atoms with van der Waals surface area (Å²) in [7, 11) is 0. The zero-order valence-electron chi connectivity index (χ0n) is 19.1. The number of aromatic nitrogens is 2. The Labute approximate surface area is 213 Å². The molecule has 4 N–H and O–H groups in total. The van der Waals surface area contributed by atoms with Gasteiger partial charge in [0, 0.05) is 43.2 Å². The number of aliphatic hydroxyl groups excluding tert-OH is 2. The van der Waals surface area contributed by atoms with Gasteiger partial charge >= 0.3 is 11.7 Å². The Hall–Kier alpha value is -2.37. The van der Waals surface area contributed by atoms with E-state index in [0.717, 1.165) is 15.8 Å². The fraction of sp³-hybridized carbons (Fsp3) is 0.522. The van der Waals surface area contributed by atoms with E-state index in [2.05, 4.69) is 9.88 Å². The van der Waals surface area contributed by atoms with Crippen LogP contribution in [-0.2, 0) is 20.7 Å². The number of nitrogens with zero attached hydrogens (tertiary/aromatic N) is 3. The van der Waals surface area contributed by atoms with Crippen LogP contribution in [-0.4, -0.2) is 75.5 Å². The van der Waals surface area contributed by atoms with Gasteiger partial charge < -0.3 is 30.3 Å². The maximum atomic E-state index is 12.2. The average molecular weight is 529 g/mol. The lowest BCUT2D eigenvalue weighted by atomic mass is 10.1. The van der Waals surface area contributed by atoms with Gasteiger partial charge in [0.15, 0.2) is 6.23 Å². The Morgan fingerprint density at radius 2 is 1.83 bits per heavy atom. The summed E-state index contributed by atoms with van der Waals surface area (Å²) in [4.78, 5) is 29.9. The van der Waals surface area contributed by atoms with Gasteiger partial charge in [-0.05, 0) is 36.6 Å². The van der Waals surface area contributed by atoms with Gasteiger partial charge in [-0.25, -0.2) is 4.79 Å². The van der Waals surface area contributed by atoms with Crippen LogP contribution < -0.4 is 16.3 Å². The number of carbonyl (C=O) groups excluding carboxylic acids is 1. The molecule has 0 aliphatic carbocycles. The Bertz CT molecular complexity index is 1020. The van der Waals surface area contributed by atoms with E-state index in [0.29, 0.717) is 37.7 Å². The number of carbonyl (C=O) groups is 1. The van der Waals surface area contributed by atoms with Crippen molar-refractivity contribution in [2.75, 3.05) is 42.1 Å². The first-order valence-corrected chi connectivity index (χ1v) is 12.4. The average Bonchev–Trinajstić information content (AvgIpc) is 3.11. The fourth-order valence-corrected chi connectivity index (χ4v) is 4.26. The summed E-state index contributed by atoms with van der Waals surface area (Å²) in [6.07, 6.45) is -2.11. The molecule has 1 saturated heterocycles. The molecule has 0 unspecified atom stereocenters. The second-order valence-electron chi connectivity index (χ2n) is 8.16. The second kappa shape index (κ2) is 13.1. The molecule has 1 aromatic heterocycles. The van der Waals surface area contributed by atoms with Crippen molar-refractivity contribution in [3.05, 3.63) is 52.6 Å².